The van der Waals surface area contributed by atoms with E-state index in [0.717, 1.165) is 12.1 Å². The van der Waals surface area contributed by atoms with Crippen LogP contribution in [0.3, 0.4) is 0 Å². The molecule has 0 unspecified atom stereocenters. The van der Waals surface area contributed by atoms with Crippen LogP contribution in [0.4, 0.5) is 37.7 Å². The van der Waals surface area contributed by atoms with Crippen LogP contribution in [0.15, 0.2) is 28.7 Å². The van der Waals surface area contributed by atoms with E-state index in [0.29, 0.717) is 22.4 Å². The molecule has 0 bridgehead atoms. The average Bonchev–Trinajstić information content (AvgIpc) is 3.24. The van der Waals surface area contributed by atoms with Crippen molar-refractivity contribution in [1.82, 2.24) is 20.0 Å². The maximum absolute atomic E-state index is 13.2. The Balaban J connectivity index is 1.96. The van der Waals surface area contributed by atoms with Crippen LogP contribution in [-0.2, 0) is 19.8 Å². The van der Waals surface area contributed by atoms with Gasteiger partial charge in [-0.25, -0.2) is 4.85 Å². The molecule has 0 aliphatic carbocycles. The second-order valence-corrected chi connectivity index (χ2v) is 6.58. The molecular weight excluding hydrogens is 430 g/mol. The normalized spacial score (nSPS) is 12.1. The van der Waals surface area contributed by atoms with Gasteiger partial charge in [-0.3, -0.25) is 4.68 Å². The number of anilines is 1. The highest BCUT2D eigenvalue weighted by Crippen LogP contribution is 2.39. The van der Waals surface area contributed by atoms with E-state index in [9.17, 15) is 26.3 Å². The highest BCUT2D eigenvalue weighted by Gasteiger charge is 2.36. The van der Waals surface area contributed by atoms with Gasteiger partial charge in [-0.05, 0) is 25.1 Å². The number of rotatable bonds is 5. The molecule has 3 rings (SSSR count). The van der Waals surface area contributed by atoms with Crippen LogP contribution in [0, 0.1) is 13.5 Å². The van der Waals surface area contributed by atoms with Crippen molar-refractivity contribution in [2.45, 2.75) is 25.8 Å². The molecule has 3 aromatic rings. The van der Waals surface area contributed by atoms with Gasteiger partial charge in [0.15, 0.2) is 5.69 Å². The van der Waals surface area contributed by atoms with Gasteiger partial charge in [0.25, 0.3) is 5.89 Å². The fraction of sp³-hybridized carbons (Fsp3) is 0.333. The first kappa shape index (κ1) is 22.1. The van der Waals surface area contributed by atoms with Crippen LogP contribution in [-0.4, -0.2) is 32.7 Å². The van der Waals surface area contributed by atoms with E-state index in [4.69, 9.17) is 11.0 Å². The number of aromatic nitrogens is 4. The molecule has 0 atom stereocenters. The van der Waals surface area contributed by atoms with Crippen molar-refractivity contribution in [3.05, 3.63) is 52.8 Å². The molecule has 0 saturated carbocycles. The predicted molar refractivity (Wildman–Crippen MR) is 96.0 cm³/mol. The summed E-state index contributed by atoms with van der Waals surface area (Å²) in [5.74, 6) is -0.231. The molecule has 0 fully saturated rings. The molecule has 0 aliphatic heterocycles. The predicted octanol–water partition coefficient (Wildman–Crippen LogP) is 4.92. The zero-order valence-electron chi connectivity index (χ0n) is 16.1. The maximum Gasteiger partial charge on any atom is 0.407 e. The Hall–Kier alpha value is -3.56. The standard InChI is InChI=1S/C18H14F6N6O/c1-10-6-14(29(3)28-10)16-27-26-15(31-16)8-30(9-17(19,20)21)11-4-5-13(25-2)12(7-11)18(22,23)24/h4-7H,8-9H2,1,3H3. The minimum absolute atomic E-state index is 0.00407. The monoisotopic (exact) mass is 444 g/mol. The molecule has 7 nitrogen and oxygen atoms in total. The number of hydrogen-bond acceptors (Lipinski definition) is 5. The van der Waals surface area contributed by atoms with Crippen LogP contribution >= 0.6 is 0 Å². The largest absolute Gasteiger partial charge is 0.417 e. The number of benzene rings is 1. The summed E-state index contributed by atoms with van der Waals surface area (Å²) < 4.78 is 85.9. The van der Waals surface area contributed by atoms with Crippen LogP contribution in [0.1, 0.15) is 17.1 Å². The van der Waals surface area contributed by atoms with Crippen molar-refractivity contribution < 1.29 is 30.8 Å². The lowest BCUT2D eigenvalue weighted by Crippen LogP contribution is -2.34. The molecule has 164 valence electrons. The van der Waals surface area contributed by atoms with Gasteiger partial charge in [-0.1, -0.05) is 6.07 Å². The fourth-order valence-electron chi connectivity index (χ4n) is 2.90. The van der Waals surface area contributed by atoms with Crippen molar-refractivity contribution >= 4 is 11.4 Å². The second-order valence-electron chi connectivity index (χ2n) is 6.58. The molecule has 31 heavy (non-hydrogen) atoms. The van der Waals surface area contributed by atoms with Crippen molar-refractivity contribution in [3.8, 4) is 11.6 Å². The second kappa shape index (κ2) is 7.93. The van der Waals surface area contributed by atoms with Crippen molar-refractivity contribution in [2.24, 2.45) is 7.05 Å². The minimum Gasteiger partial charge on any atom is -0.417 e. The SMILES string of the molecule is [C-]#[N+]c1ccc(N(Cc2nnc(-c3cc(C)nn3C)o2)CC(F)(F)F)cc1C(F)(F)F. The highest BCUT2D eigenvalue weighted by atomic mass is 19.4. The van der Waals surface area contributed by atoms with Gasteiger partial charge in [-0.2, -0.15) is 31.4 Å². The summed E-state index contributed by atoms with van der Waals surface area (Å²) in [6.45, 7) is 6.42. The lowest BCUT2D eigenvalue weighted by molar-refractivity contribution is -0.136. The summed E-state index contributed by atoms with van der Waals surface area (Å²) in [7, 11) is 1.61. The van der Waals surface area contributed by atoms with Crippen molar-refractivity contribution in [3.63, 3.8) is 0 Å². The Morgan fingerprint density at radius 1 is 1.13 bits per heavy atom. The third-order valence-electron chi connectivity index (χ3n) is 4.16. The van der Waals surface area contributed by atoms with Gasteiger partial charge in [-0.15, -0.1) is 10.2 Å². The first-order valence-corrected chi connectivity index (χ1v) is 8.61. The third kappa shape index (κ3) is 5.14. The summed E-state index contributed by atoms with van der Waals surface area (Å²) in [5.41, 5.74) is -1.36. The Bertz CT molecular complexity index is 1120. The molecule has 2 heterocycles. The molecule has 13 heteroatoms. The molecule has 0 amide bonds. The first-order chi connectivity index (χ1) is 14.4. The van der Waals surface area contributed by atoms with Gasteiger partial charge in [0.05, 0.1) is 24.4 Å². The summed E-state index contributed by atoms with van der Waals surface area (Å²) in [6, 6.07) is 3.96. The third-order valence-corrected chi connectivity index (χ3v) is 4.16. The number of halogens is 6. The Morgan fingerprint density at radius 3 is 2.39 bits per heavy atom. The van der Waals surface area contributed by atoms with Gasteiger partial charge >= 0.3 is 12.4 Å². The van der Waals surface area contributed by atoms with Crippen LogP contribution in [0.5, 0.6) is 0 Å². The Kier molecular flexibility index (Phi) is 5.66. The van der Waals surface area contributed by atoms with E-state index >= 15 is 0 Å². The molecule has 0 N–H and O–H groups in total. The average molecular weight is 444 g/mol. The van der Waals surface area contributed by atoms with E-state index in [1.807, 2.05) is 0 Å². The van der Waals surface area contributed by atoms with Gasteiger partial charge in [0, 0.05) is 12.7 Å². The first-order valence-electron chi connectivity index (χ1n) is 8.61. The zero-order chi connectivity index (χ0) is 23.0. The van der Waals surface area contributed by atoms with Gasteiger partial charge < -0.3 is 9.32 Å². The topological polar surface area (TPSA) is 64.3 Å². The highest BCUT2D eigenvalue weighted by molar-refractivity contribution is 5.62. The van der Waals surface area contributed by atoms with Crippen molar-refractivity contribution in [1.29, 1.82) is 0 Å². The van der Waals surface area contributed by atoms with E-state index in [2.05, 4.69) is 20.1 Å². The molecule has 0 saturated heterocycles. The summed E-state index contributed by atoms with van der Waals surface area (Å²) in [5, 5.41) is 11.6. The van der Waals surface area contributed by atoms with E-state index < -0.39 is 42.4 Å². The Labute approximate surface area is 171 Å². The molecular formula is C18H14F6N6O. The fourth-order valence-corrected chi connectivity index (χ4v) is 2.90. The van der Waals surface area contributed by atoms with Gasteiger partial charge in [0.2, 0.25) is 5.89 Å². The Morgan fingerprint density at radius 2 is 1.84 bits per heavy atom. The number of hydrogen-bond donors (Lipinski definition) is 0. The molecule has 0 radical (unpaired) electrons. The van der Waals surface area contributed by atoms with E-state index in [1.165, 1.54) is 4.68 Å². The molecule has 0 aliphatic rings. The van der Waals surface area contributed by atoms with Crippen LogP contribution in [0.25, 0.3) is 16.4 Å². The maximum atomic E-state index is 13.2. The summed E-state index contributed by atoms with van der Waals surface area (Å²) >= 11 is 0. The minimum atomic E-state index is -4.91. The van der Waals surface area contributed by atoms with Crippen molar-refractivity contribution in [2.75, 3.05) is 11.4 Å². The summed E-state index contributed by atoms with van der Waals surface area (Å²) in [6.07, 6.45) is -9.63. The lowest BCUT2D eigenvalue weighted by atomic mass is 10.1. The van der Waals surface area contributed by atoms with Crippen LogP contribution in [0.2, 0.25) is 0 Å². The molecule has 0 spiro atoms. The number of alkyl halides is 6. The smallest absolute Gasteiger partial charge is 0.407 e. The molecule has 2 aromatic heterocycles. The quantitative estimate of drug-likeness (QED) is 0.413. The summed E-state index contributed by atoms with van der Waals surface area (Å²) in [4.78, 5) is 3.40. The zero-order valence-corrected chi connectivity index (χ0v) is 16.1. The van der Waals surface area contributed by atoms with Gasteiger partial charge in [0.1, 0.15) is 12.2 Å². The number of aryl methyl sites for hydroxylation is 2. The number of nitrogens with zero attached hydrogens (tertiary/aromatic N) is 6. The lowest BCUT2D eigenvalue weighted by Gasteiger charge is -2.25. The van der Waals surface area contributed by atoms with Crippen LogP contribution < -0.4 is 4.90 Å². The van der Waals surface area contributed by atoms with E-state index in [1.54, 1.807) is 20.0 Å². The van der Waals surface area contributed by atoms with E-state index in [-0.39, 0.29) is 11.8 Å². The molecule has 1 aromatic carbocycles.